The van der Waals surface area contributed by atoms with Crippen molar-refractivity contribution >= 4 is 93.8 Å². The molecule has 2 aromatic heterocycles. The molecule has 13 rings (SSSR count). The van der Waals surface area contributed by atoms with Gasteiger partial charge in [0.25, 0.3) is 0 Å². The molecule has 3 aliphatic rings. The van der Waals surface area contributed by atoms with E-state index < -0.39 is 5.41 Å². The van der Waals surface area contributed by atoms with Gasteiger partial charge in [-0.25, -0.2) is 4.99 Å². The van der Waals surface area contributed by atoms with Crippen molar-refractivity contribution in [3.05, 3.63) is 205 Å². The van der Waals surface area contributed by atoms with E-state index >= 15 is 0 Å². The van der Waals surface area contributed by atoms with Crippen molar-refractivity contribution in [1.29, 1.82) is 0 Å². The molecule has 0 saturated heterocycles. The Morgan fingerprint density at radius 2 is 1.35 bits per heavy atom. The van der Waals surface area contributed by atoms with Gasteiger partial charge in [-0.2, -0.15) is 0 Å². The zero-order valence-corrected chi connectivity index (χ0v) is 33.1. The second-order valence-electron chi connectivity index (χ2n) is 16.8. The van der Waals surface area contributed by atoms with Crippen LogP contribution in [0.3, 0.4) is 0 Å². The summed E-state index contributed by atoms with van der Waals surface area (Å²) >= 11 is 0. The molecule has 0 saturated carbocycles. The molecule has 4 nitrogen and oxygen atoms in total. The topological polar surface area (TPSA) is 33.7 Å². The molecule has 0 radical (unpaired) electrons. The van der Waals surface area contributed by atoms with Gasteiger partial charge in [0.05, 0.1) is 22.8 Å². The van der Waals surface area contributed by atoms with Gasteiger partial charge in [-0.3, -0.25) is 0 Å². The van der Waals surface area contributed by atoms with E-state index in [1.807, 2.05) is 6.07 Å². The molecule has 10 aromatic rings. The Morgan fingerprint density at radius 1 is 0.633 bits per heavy atom. The number of hydrogen-bond donors (Lipinski definition) is 0. The molecule has 1 aliphatic carbocycles. The SMILES string of the molecule is CC12C=C(n3c4ccccc4c4c5ccccc5ccc43)C=CC1N(C1=N/c3ccccc3CC/C=C\1c1ccc3c(c1)oc1ccccc13)c1ccc3ccccc3c12. The van der Waals surface area contributed by atoms with E-state index in [1.54, 1.807) is 0 Å². The third-order valence-electron chi connectivity index (χ3n) is 13.5. The number of rotatable bonds is 2. The summed E-state index contributed by atoms with van der Waals surface area (Å²) in [7, 11) is 0. The first kappa shape index (κ1) is 33.5. The standard InChI is InChI=1S/C56H39N3O/c1-56-34-39(58-47-23-10-7-20-45(47)53-40-17-5-2-13-35(40)26-30-48(53)58)28-32-52(56)59(49-31-27-36-14-3-6-18-41(36)54(49)56)55-42(21-12-16-37-15-4-9-22-46(37)57-55)38-25-29-44-43-19-8-11-24-50(43)60-51(44)33-38/h2-11,13-15,17-34,52H,12,16H2,1H3/b42-21-,57-55+. The van der Waals surface area contributed by atoms with Crippen LogP contribution < -0.4 is 4.90 Å². The Labute approximate surface area is 347 Å². The van der Waals surface area contributed by atoms with Crippen LogP contribution in [0.2, 0.25) is 0 Å². The van der Waals surface area contributed by atoms with Gasteiger partial charge in [0, 0.05) is 43.9 Å². The summed E-state index contributed by atoms with van der Waals surface area (Å²) in [5.41, 5.74) is 12.0. The first-order chi connectivity index (χ1) is 29.6. The number of nitrogens with zero attached hydrogens (tertiary/aromatic N) is 3. The monoisotopic (exact) mass is 769 g/mol. The highest BCUT2D eigenvalue weighted by molar-refractivity contribution is 6.32. The van der Waals surface area contributed by atoms with E-state index in [9.17, 15) is 0 Å². The van der Waals surface area contributed by atoms with Gasteiger partial charge in [-0.15, -0.1) is 0 Å². The highest BCUT2D eigenvalue weighted by Crippen LogP contribution is 2.54. The van der Waals surface area contributed by atoms with Crippen LogP contribution in [-0.2, 0) is 11.8 Å². The first-order valence-electron chi connectivity index (χ1n) is 21.0. The summed E-state index contributed by atoms with van der Waals surface area (Å²) in [6.07, 6.45) is 11.6. The molecule has 4 heterocycles. The van der Waals surface area contributed by atoms with Crippen molar-refractivity contribution < 1.29 is 4.42 Å². The number of aliphatic imine (C=N–C) groups is 1. The van der Waals surface area contributed by atoms with Crippen LogP contribution in [0, 0.1) is 0 Å². The number of aromatic nitrogens is 1. The molecular weight excluding hydrogens is 731 g/mol. The minimum absolute atomic E-state index is 0.0559. The van der Waals surface area contributed by atoms with Gasteiger partial charge < -0.3 is 13.9 Å². The molecule has 2 unspecified atom stereocenters. The fourth-order valence-corrected chi connectivity index (χ4v) is 10.8. The van der Waals surface area contributed by atoms with Crippen LogP contribution in [-0.4, -0.2) is 16.4 Å². The lowest BCUT2D eigenvalue weighted by Crippen LogP contribution is -2.45. The summed E-state index contributed by atoms with van der Waals surface area (Å²) in [6, 6.07) is 59.4. The molecule has 8 aromatic carbocycles. The molecule has 284 valence electrons. The Hall–Kier alpha value is -7.43. The number of amidine groups is 1. The number of aryl methyl sites for hydroxylation is 1. The maximum Gasteiger partial charge on any atom is 0.141 e. The Kier molecular flexibility index (Phi) is 7.01. The number of anilines is 1. The van der Waals surface area contributed by atoms with Crippen molar-refractivity contribution in [2.75, 3.05) is 4.90 Å². The molecule has 2 atom stereocenters. The number of furan rings is 1. The lowest BCUT2D eigenvalue weighted by molar-refractivity contribution is 0.559. The van der Waals surface area contributed by atoms with Crippen LogP contribution in [0.15, 0.2) is 198 Å². The largest absolute Gasteiger partial charge is 0.456 e. The van der Waals surface area contributed by atoms with Crippen molar-refractivity contribution in [2.24, 2.45) is 4.99 Å². The number of allylic oxidation sites excluding steroid dienone is 3. The van der Waals surface area contributed by atoms with Crippen LogP contribution in [0.5, 0.6) is 0 Å². The van der Waals surface area contributed by atoms with Gasteiger partial charge in [-0.05, 0) is 113 Å². The summed E-state index contributed by atoms with van der Waals surface area (Å²) in [6.45, 7) is 2.44. The fraction of sp³-hybridized carbons (Fsp3) is 0.0893. The maximum absolute atomic E-state index is 6.49. The summed E-state index contributed by atoms with van der Waals surface area (Å²) < 4.78 is 8.98. The van der Waals surface area contributed by atoms with Gasteiger partial charge in [-0.1, -0.05) is 133 Å². The second-order valence-corrected chi connectivity index (χ2v) is 16.8. The zero-order chi connectivity index (χ0) is 39.5. The van der Waals surface area contributed by atoms with E-state index in [4.69, 9.17) is 9.41 Å². The predicted octanol–water partition coefficient (Wildman–Crippen LogP) is 14.3. The molecule has 4 heteroatoms. The average Bonchev–Trinajstić information content (AvgIpc) is 3.92. The van der Waals surface area contributed by atoms with E-state index in [0.29, 0.717) is 0 Å². The maximum atomic E-state index is 6.49. The van der Waals surface area contributed by atoms with Gasteiger partial charge in [0.1, 0.15) is 17.0 Å². The number of para-hydroxylation sites is 3. The quantitative estimate of drug-likeness (QED) is 0.175. The summed E-state index contributed by atoms with van der Waals surface area (Å²) in [4.78, 5) is 8.27. The minimum atomic E-state index is -0.424. The smallest absolute Gasteiger partial charge is 0.141 e. The third kappa shape index (κ3) is 4.70. The second kappa shape index (κ2) is 12.5. The molecule has 0 N–H and O–H groups in total. The van der Waals surface area contributed by atoms with Crippen LogP contribution in [0.25, 0.3) is 76.6 Å². The lowest BCUT2D eigenvalue weighted by atomic mass is 9.73. The zero-order valence-electron chi connectivity index (χ0n) is 33.1. The lowest BCUT2D eigenvalue weighted by Gasteiger charge is -2.37. The van der Waals surface area contributed by atoms with Gasteiger partial charge in [0.15, 0.2) is 0 Å². The highest BCUT2D eigenvalue weighted by atomic mass is 16.3. The number of benzene rings is 8. The van der Waals surface area contributed by atoms with Crippen molar-refractivity contribution in [3.63, 3.8) is 0 Å². The number of hydrogen-bond acceptors (Lipinski definition) is 3. The third-order valence-corrected chi connectivity index (χ3v) is 13.5. The Balaban J connectivity index is 1.06. The van der Waals surface area contributed by atoms with Crippen LogP contribution in [0.4, 0.5) is 11.4 Å². The van der Waals surface area contributed by atoms with Crippen molar-refractivity contribution in [3.8, 4) is 0 Å². The average molecular weight is 770 g/mol. The van der Waals surface area contributed by atoms with Crippen molar-refractivity contribution in [2.45, 2.75) is 31.2 Å². The van der Waals surface area contributed by atoms with E-state index in [1.165, 1.54) is 65.9 Å². The van der Waals surface area contributed by atoms with E-state index in [0.717, 1.165) is 57.4 Å². The first-order valence-corrected chi connectivity index (χ1v) is 21.0. The molecule has 0 spiro atoms. The number of fused-ring (bicyclic) bond motifs is 14. The van der Waals surface area contributed by atoms with Gasteiger partial charge in [0.2, 0.25) is 0 Å². The minimum Gasteiger partial charge on any atom is -0.456 e. The van der Waals surface area contributed by atoms with E-state index in [2.05, 4.69) is 198 Å². The van der Waals surface area contributed by atoms with Crippen LogP contribution in [0.1, 0.15) is 30.0 Å². The molecule has 60 heavy (non-hydrogen) atoms. The highest BCUT2D eigenvalue weighted by Gasteiger charge is 2.50. The fourth-order valence-electron chi connectivity index (χ4n) is 10.8. The van der Waals surface area contributed by atoms with Gasteiger partial charge >= 0.3 is 0 Å². The molecule has 2 aliphatic heterocycles. The van der Waals surface area contributed by atoms with Crippen LogP contribution >= 0.6 is 0 Å². The normalized spacial score (nSPS) is 20.4. The molecular formula is C56H39N3O. The molecule has 0 amide bonds. The Morgan fingerprint density at radius 3 is 2.25 bits per heavy atom. The summed E-state index contributed by atoms with van der Waals surface area (Å²) in [5.74, 6) is 0.952. The summed E-state index contributed by atoms with van der Waals surface area (Å²) in [5, 5.41) is 9.86. The molecule has 0 bridgehead atoms. The van der Waals surface area contributed by atoms with Crippen molar-refractivity contribution in [1.82, 2.24) is 4.57 Å². The Bertz CT molecular complexity index is 3590. The predicted molar refractivity (Wildman–Crippen MR) is 251 cm³/mol. The molecule has 0 fully saturated rings. The van der Waals surface area contributed by atoms with E-state index in [-0.39, 0.29) is 6.04 Å².